The normalized spacial score (nSPS) is 13.4. The summed E-state index contributed by atoms with van der Waals surface area (Å²) in [4.78, 5) is 14.8. The summed E-state index contributed by atoms with van der Waals surface area (Å²) in [6.07, 6.45) is 0.712. The van der Waals surface area contributed by atoms with Gasteiger partial charge in [0.2, 0.25) is 5.91 Å². The van der Waals surface area contributed by atoms with Crippen molar-refractivity contribution < 1.29 is 22.3 Å². The lowest BCUT2D eigenvalue weighted by Crippen LogP contribution is -2.44. The maximum Gasteiger partial charge on any atom is 0.264 e. The number of methoxy groups -OCH3 is 1. The molecule has 4 rings (SSSR count). The molecule has 8 heteroatoms. The summed E-state index contributed by atoms with van der Waals surface area (Å²) >= 11 is 0. The lowest BCUT2D eigenvalue weighted by molar-refractivity contribution is -0.130. The van der Waals surface area contributed by atoms with Crippen molar-refractivity contribution in [1.29, 1.82) is 0 Å². The number of hydrogen-bond donors (Lipinski definition) is 0. The van der Waals surface area contributed by atoms with E-state index in [9.17, 15) is 17.6 Å². The van der Waals surface area contributed by atoms with E-state index in [2.05, 4.69) is 0 Å². The average Bonchev–Trinajstić information content (AvgIpc) is 2.82. The van der Waals surface area contributed by atoms with Gasteiger partial charge in [-0.2, -0.15) is 0 Å². The molecule has 3 aromatic rings. The molecule has 0 aromatic heterocycles. The summed E-state index contributed by atoms with van der Waals surface area (Å²) in [5.74, 6) is -0.296. The molecule has 0 radical (unpaired) electrons. The summed E-state index contributed by atoms with van der Waals surface area (Å²) in [6.45, 7) is 0.548. The Morgan fingerprint density at radius 1 is 1.00 bits per heavy atom. The number of ether oxygens (including phenoxy) is 1. The Bertz CT molecular complexity index is 1210. The lowest BCUT2D eigenvalue weighted by Gasteiger charge is -2.31. The first-order valence-corrected chi connectivity index (χ1v) is 11.6. The van der Waals surface area contributed by atoms with E-state index in [1.54, 1.807) is 17.0 Å². The molecular formula is C24H23FN2O4S. The maximum atomic E-state index is 13.5. The van der Waals surface area contributed by atoms with E-state index in [1.165, 1.54) is 49.1 Å². The molecule has 1 amide bonds. The van der Waals surface area contributed by atoms with Gasteiger partial charge < -0.3 is 9.64 Å². The second-order valence-corrected chi connectivity index (χ2v) is 9.36. The number of carbonyl (C=O) groups is 1. The third-order valence-corrected chi connectivity index (χ3v) is 7.31. The van der Waals surface area contributed by atoms with Crippen LogP contribution in [-0.4, -0.2) is 39.4 Å². The molecule has 32 heavy (non-hydrogen) atoms. The van der Waals surface area contributed by atoms with Crippen LogP contribution in [-0.2, 0) is 27.8 Å². The van der Waals surface area contributed by atoms with Crippen LogP contribution in [0, 0.1) is 5.82 Å². The number of carbonyl (C=O) groups excluding carboxylic acids is 1. The van der Waals surface area contributed by atoms with Crippen LogP contribution in [0.2, 0.25) is 0 Å². The Morgan fingerprint density at radius 2 is 1.66 bits per heavy atom. The van der Waals surface area contributed by atoms with E-state index in [4.69, 9.17) is 4.74 Å². The fourth-order valence-electron chi connectivity index (χ4n) is 3.73. The van der Waals surface area contributed by atoms with Crippen molar-refractivity contribution in [2.75, 3.05) is 24.5 Å². The molecule has 0 aliphatic carbocycles. The Balaban J connectivity index is 1.64. The topological polar surface area (TPSA) is 66.9 Å². The van der Waals surface area contributed by atoms with E-state index in [-0.39, 0.29) is 23.0 Å². The number of nitrogens with zero attached hydrogens (tertiary/aromatic N) is 2. The molecule has 0 atom stereocenters. The number of halogens is 1. The largest absolute Gasteiger partial charge is 0.497 e. The van der Waals surface area contributed by atoms with Gasteiger partial charge in [0.1, 0.15) is 18.1 Å². The standard InChI is InChI=1S/C24H23FN2O4S/c1-31-22-10-12-23(13-11-22)32(29,30)27(21-8-6-20(25)7-9-21)17-24(28)26-15-14-18-4-2-3-5-19(18)16-26/h2-13H,14-17H2,1H3. The van der Waals surface area contributed by atoms with Gasteiger partial charge in [-0.05, 0) is 66.1 Å². The molecule has 0 saturated carbocycles. The van der Waals surface area contributed by atoms with Crippen molar-refractivity contribution >= 4 is 21.6 Å². The SMILES string of the molecule is COc1ccc(S(=O)(=O)N(CC(=O)N2CCc3ccccc3C2)c2ccc(F)cc2)cc1. The van der Waals surface area contributed by atoms with Gasteiger partial charge >= 0.3 is 0 Å². The second kappa shape index (κ2) is 9.00. The number of sulfonamides is 1. The minimum Gasteiger partial charge on any atom is -0.497 e. The molecule has 1 aliphatic rings. The zero-order chi connectivity index (χ0) is 22.7. The zero-order valence-electron chi connectivity index (χ0n) is 17.6. The molecule has 0 bridgehead atoms. The summed E-state index contributed by atoms with van der Waals surface area (Å²) in [5.41, 5.74) is 2.46. The van der Waals surface area contributed by atoms with Crippen molar-refractivity contribution in [3.8, 4) is 5.75 Å². The molecule has 1 heterocycles. The van der Waals surface area contributed by atoms with Gasteiger partial charge in [0.05, 0.1) is 17.7 Å². The van der Waals surface area contributed by atoms with Crippen LogP contribution >= 0.6 is 0 Å². The number of hydrogen-bond acceptors (Lipinski definition) is 4. The monoisotopic (exact) mass is 454 g/mol. The highest BCUT2D eigenvalue weighted by molar-refractivity contribution is 7.92. The van der Waals surface area contributed by atoms with Gasteiger partial charge in [0.25, 0.3) is 10.0 Å². The molecule has 0 unspecified atom stereocenters. The maximum absolute atomic E-state index is 13.5. The highest BCUT2D eigenvalue weighted by Gasteiger charge is 2.30. The number of amides is 1. The highest BCUT2D eigenvalue weighted by Crippen LogP contribution is 2.26. The third kappa shape index (κ3) is 4.45. The fraction of sp³-hybridized carbons (Fsp3) is 0.208. The van der Waals surface area contributed by atoms with Gasteiger partial charge in [-0.3, -0.25) is 9.10 Å². The third-order valence-electron chi connectivity index (χ3n) is 5.52. The number of rotatable bonds is 6. The van der Waals surface area contributed by atoms with Crippen molar-refractivity contribution in [2.24, 2.45) is 0 Å². The molecule has 1 aliphatic heterocycles. The van der Waals surface area contributed by atoms with Gasteiger partial charge in [-0.1, -0.05) is 24.3 Å². The van der Waals surface area contributed by atoms with Crippen molar-refractivity contribution in [1.82, 2.24) is 4.90 Å². The van der Waals surface area contributed by atoms with E-state index in [0.717, 1.165) is 9.87 Å². The lowest BCUT2D eigenvalue weighted by atomic mass is 10.00. The summed E-state index contributed by atoms with van der Waals surface area (Å²) in [6, 6.07) is 18.9. The van der Waals surface area contributed by atoms with Crippen LogP contribution in [0.15, 0.2) is 77.7 Å². The first-order chi connectivity index (χ1) is 15.4. The molecular weight excluding hydrogens is 431 g/mol. The molecule has 166 valence electrons. The molecule has 0 N–H and O–H groups in total. The van der Waals surface area contributed by atoms with Crippen molar-refractivity contribution in [2.45, 2.75) is 17.9 Å². The predicted octanol–water partition coefficient (Wildman–Crippen LogP) is 3.61. The molecule has 0 saturated heterocycles. The van der Waals surface area contributed by atoms with Crippen molar-refractivity contribution in [3.63, 3.8) is 0 Å². The van der Waals surface area contributed by atoms with E-state index in [1.807, 2.05) is 24.3 Å². The number of fused-ring (bicyclic) bond motifs is 1. The Kier molecular flexibility index (Phi) is 6.14. The Morgan fingerprint density at radius 3 is 2.31 bits per heavy atom. The van der Waals surface area contributed by atoms with Crippen LogP contribution in [0.1, 0.15) is 11.1 Å². The van der Waals surface area contributed by atoms with Gasteiger partial charge in [0, 0.05) is 13.1 Å². The summed E-state index contributed by atoms with van der Waals surface area (Å²) in [5, 5.41) is 0. The van der Waals surface area contributed by atoms with Crippen LogP contribution in [0.25, 0.3) is 0 Å². The molecule has 6 nitrogen and oxygen atoms in total. The van der Waals surface area contributed by atoms with Gasteiger partial charge in [-0.25, -0.2) is 12.8 Å². The fourth-order valence-corrected chi connectivity index (χ4v) is 5.14. The van der Waals surface area contributed by atoms with Gasteiger partial charge in [0.15, 0.2) is 0 Å². The summed E-state index contributed by atoms with van der Waals surface area (Å²) in [7, 11) is -2.59. The van der Waals surface area contributed by atoms with E-state index < -0.39 is 15.8 Å². The van der Waals surface area contributed by atoms with E-state index >= 15 is 0 Å². The minimum absolute atomic E-state index is 0.0133. The van der Waals surface area contributed by atoms with E-state index in [0.29, 0.717) is 25.3 Å². The van der Waals surface area contributed by atoms with Crippen LogP contribution < -0.4 is 9.04 Å². The van der Waals surface area contributed by atoms with Gasteiger partial charge in [-0.15, -0.1) is 0 Å². The highest BCUT2D eigenvalue weighted by atomic mass is 32.2. The number of anilines is 1. The minimum atomic E-state index is -4.08. The second-order valence-electron chi connectivity index (χ2n) is 7.50. The Hall–Kier alpha value is -3.39. The first-order valence-electron chi connectivity index (χ1n) is 10.2. The smallest absolute Gasteiger partial charge is 0.264 e. The van der Waals surface area contributed by atoms with Crippen molar-refractivity contribution in [3.05, 3.63) is 89.7 Å². The average molecular weight is 455 g/mol. The predicted molar refractivity (Wildman–Crippen MR) is 119 cm³/mol. The Labute approximate surface area is 186 Å². The zero-order valence-corrected chi connectivity index (χ0v) is 18.4. The summed E-state index contributed by atoms with van der Waals surface area (Å²) < 4.78 is 46.5. The first kappa shape index (κ1) is 21.8. The molecule has 0 spiro atoms. The van der Waals surface area contributed by atoms with Crippen LogP contribution in [0.4, 0.5) is 10.1 Å². The van der Waals surface area contributed by atoms with Crippen LogP contribution in [0.3, 0.4) is 0 Å². The number of benzene rings is 3. The molecule has 0 fully saturated rings. The van der Waals surface area contributed by atoms with Crippen LogP contribution in [0.5, 0.6) is 5.75 Å². The molecule has 3 aromatic carbocycles. The quantitative estimate of drug-likeness (QED) is 0.571.